The SMILES string of the molecule is O=C(O)C(CC#Cc1ccccc1)N1C(=O)c2ccccc2C1=O. The van der Waals surface area contributed by atoms with Crippen LogP contribution in [0.25, 0.3) is 0 Å². The average molecular weight is 319 g/mol. The number of carbonyl (C=O) groups is 3. The van der Waals surface area contributed by atoms with E-state index in [1.165, 1.54) is 12.1 Å². The van der Waals surface area contributed by atoms with Crippen LogP contribution in [0, 0.1) is 11.8 Å². The summed E-state index contributed by atoms with van der Waals surface area (Å²) in [6.45, 7) is 0. The van der Waals surface area contributed by atoms with E-state index in [4.69, 9.17) is 0 Å². The van der Waals surface area contributed by atoms with E-state index >= 15 is 0 Å². The number of benzene rings is 2. The molecule has 2 aromatic rings. The predicted molar refractivity (Wildman–Crippen MR) is 86.3 cm³/mol. The Hall–Kier alpha value is -3.39. The number of fused-ring (bicyclic) bond motifs is 1. The minimum atomic E-state index is -1.31. The lowest BCUT2D eigenvalue weighted by Gasteiger charge is -2.20. The van der Waals surface area contributed by atoms with Gasteiger partial charge >= 0.3 is 5.97 Å². The van der Waals surface area contributed by atoms with Gasteiger partial charge in [-0.05, 0) is 24.3 Å². The van der Waals surface area contributed by atoms with E-state index in [0.717, 1.165) is 10.5 Å². The maximum absolute atomic E-state index is 12.4. The van der Waals surface area contributed by atoms with Crippen LogP contribution in [-0.2, 0) is 4.79 Å². The Bertz CT molecular complexity index is 842. The number of rotatable bonds is 3. The third-order valence-electron chi connectivity index (χ3n) is 3.72. The zero-order valence-corrected chi connectivity index (χ0v) is 12.6. The Labute approximate surface area is 138 Å². The highest BCUT2D eigenvalue weighted by atomic mass is 16.4. The van der Waals surface area contributed by atoms with E-state index < -0.39 is 23.8 Å². The number of hydrogen-bond acceptors (Lipinski definition) is 3. The van der Waals surface area contributed by atoms with Crippen molar-refractivity contribution >= 4 is 17.8 Å². The van der Waals surface area contributed by atoms with Crippen molar-refractivity contribution in [2.75, 3.05) is 0 Å². The number of imide groups is 1. The fraction of sp³-hybridized carbons (Fsp3) is 0.105. The largest absolute Gasteiger partial charge is 0.480 e. The molecule has 0 fully saturated rings. The molecule has 1 atom stereocenters. The van der Waals surface area contributed by atoms with Crippen molar-refractivity contribution in [3.8, 4) is 11.8 Å². The quantitative estimate of drug-likeness (QED) is 0.695. The van der Waals surface area contributed by atoms with E-state index in [-0.39, 0.29) is 17.5 Å². The summed E-state index contributed by atoms with van der Waals surface area (Å²) in [4.78, 5) is 37.1. The number of carboxylic acids is 1. The van der Waals surface area contributed by atoms with Gasteiger partial charge in [-0.1, -0.05) is 42.2 Å². The van der Waals surface area contributed by atoms with Crippen molar-refractivity contribution in [3.05, 3.63) is 71.3 Å². The molecule has 2 amide bonds. The van der Waals surface area contributed by atoms with Crippen LogP contribution in [0.3, 0.4) is 0 Å². The summed E-state index contributed by atoms with van der Waals surface area (Å²) in [5, 5.41) is 9.43. The van der Waals surface area contributed by atoms with Crippen molar-refractivity contribution in [3.63, 3.8) is 0 Å². The van der Waals surface area contributed by atoms with Gasteiger partial charge in [0.2, 0.25) is 0 Å². The monoisotopic (exact) mass is 319 g/mol. The summed E-state index contributed by atoms with van der Waals surface area (Å²) in [6.07, 6.45) is -0.129. The van der Waals surface area contributed by atoms with E-state index in [9.17, 15) is 19.5 Å². The van der Waals surface area contributed by atoms with Crippen LogP contribution in [0.4, 0.5) is 0 Å². The molecule has 1 unspecified atom stereocenters. The summed E-state index contributed by atoms with van der Waals surface area (Å²) < 4.78 is 0. The van der Waals surface area contributed by atoms with Gasteiger partial charge in [-0.15, -0.1) is 0 Å². The van der Waals surface area contributed by atoms with Gasteiger partial charge in [0, 0.05) is 12.0 Å². The Balaban J connectivity index is 1.85. The first-order valence-electron chi connectivity index (χ1n) is 7.33. The van der Waals surface area contributed by atoms with Gasteiger partial charge in [-0.2, -0.15) is 0 Å². The van der Waals surface area contributed by atoms with Crippen LogP contribution < -0.4 is 0 Å². The summed E-state index contributed by atoms with van der Waals surface area (Å²) in [5.41, 5.74) is 1.19. The summed E-state index contributed by atoms with van der Waals surface area (Å²) in [7, 11) is 0. The first-order valence-corrected chi connectivity index (χ1v) is 7.33. The van der Waals surface area contributed by atoms with E-state index in [0.29, 0.717) is 0 Å². The molecular weight excluding hydrogens is 306 g/mol. The van der Waals surface area contributed by atoms with E-state index in [1.54, 1.807) is 24.3 Å². The summed E-state index contributed by atoms with van der Waals surface area (Å²) >= 11 is 0. The van der Waals surface area contributed by atoms with Gasteiger partial charge in [0.15, 0.2) is 0 Å². The number of hydrogen-bond donors (Lipinski definition) is 1. The predicted octanol–water partition coefficient (Wildman–Crippen LogP) is 2.18. The fourth-order valence-electron chi connectivity index (χ4n) is 2.55. The molecule has 0 radical (unpaired) electrons. The lowest BCUT2D eigenvalue weighted by molar-refractivity contribution is -0.141. The van der Waals surface area contributed by atoms with E-state index in [1.807, 2.05) is 18.2 Å². The van der Waals surface area contributed by atoms with Gasteiger partial charge in [-0.25, -0.2) is 4.79 Å². The maximum Gasteiger partial charge on any atom is 0.327 e. The van der Waals surface area contributed by atoms with Gasteiger partial charge in [0.05, 0.1) is 11.1 Å². The number of amides is 2. The Kier molecular flexibility index (Phi) is 4.13. The van der Waals surface area contributed by atoms with Crippen molar-refractivity contribution < 1.29 is 19.5 Å². The standard InChI is InChI=1S/C19H13NO4/c21-17-14-10-4-5-11-15(14)18(22)20(17)16(19(23)24)12-6-9-13-7-2-1-3-8-13/h1-5,7-8,10-11,16H,12H2,(H,23,24). The second-order valence-corrected chi connectivity index (χ2v) is 5.25. The van der Waals surface area contributed by atoms with Gasteiger partial charge < -0.3 is 5.11 Å². The molecule has 118 valence electrons. The molecule has 1 aliphatic rings. The first-order chi connectivity index (χ1) is 11.6. The van der Waals surface area contributed by atoms with Crippen LogP contribution >= 0.6 is 0 Å². The molecule has 0 aromatic heterocycles. The van der Waals surface area contributed by atoms with Crippen molar-refractivity contribution in [1.82, 2.24) is 4.90 Å². The molecule has 1 heterocycles. The van der Waals surface area contributed by atoms with Crippen LogP contribution in [0.1, 0.15) is 32.7 Å². The molecule has 0 saturated carbocycles. The van der Waals surface area contributed by atoms with Crippen LogP contribution in [0.2, 0.25) is 0 Å². The van der Waals surface area contributed by atoms with Gasteiger partial charge in [0.25, 0.3) is 11.8 Å². The molecule has 5 nitrogen and oxygen atoms in total. The first kappa shape index (κ1) is 15.5. The highest BCUT2D eigenvalue weighted by Gasteiger charge is 2.42. The zero-order valence-electron chi connectivity index (χ0n) is 12.6. The second kappa shape index (κ2) is 6.39. The molecule has 24 heavy (non-hydrogen) atoms. The molecule has 1 N–H and O–H groups in total. The summed E-state index contributed by atoms with van der Waals surface area (Å²) in [6, 6.07) is 14.1. The van der Waals surface area contributed by atoms with Gasteiger partial charge in [0.1, 0.15) is 6.04 Å². The third kappa shape index (κ3) is 2.77. The van der Waals surface area contributed by atoms with Crippen molar-refractivity contribution in [2.24, 2.45) is 0 Å². The normalized spacial score (nSPS) is 13.9. The van der Waals surface area contributed by atoms with Gasteiger partial charge in [-0.3, -0.25) is 14.5 Å². The Morgan fingerprint density at radius 3 is 2.04 bits per heavy atom. The van der Waals surface area contributed by atoms with Crippen LogP contribution in [0.15, 0.2) is 54.6 Å². The minimum absolute atomic E-state index is 0.129. The second-order valence-electron chi connectivity index (χ2n) is 5.25. The Morgan fingerprint density at radius 1 is 0.958 bits per heavy atom. The van der Waals surface area contributed by atoms with Crippen LogP contribution in [-0.4, -0.2) is 33.8 Å². The summed E-state index contributed by atoms with van der Waals surface area (Å²) in [5.74, 6) is 3.15. The average Bonchev–Trinajstić information content (AvgIpc) is 2.84. The molecule has 1 aliphatic heterocycles. The molecule has 5 heteroatoms. The molecule has 0 aliphatic carbocycles. The smallest absolute Gasteiger partial charge is 0.327 e. The number of carbonyl (C=O) groups excluding carboxylic acids is 2. The molecule has 2 aromatic carbocycles. The minimum Gasteiger partial charge on any atom is -0.480 e. The van der Waals surface area contributed by atoms with Crippen molar-refractivity contribution in [2.45, 2.75) is 12.5 Å². The van der Waals surface area contributed by atoms with Crippen LogP contribution in [0.5, 0.6) is 0 Å². The van der Waals surface area contributed by atoms with E-state index in [2.05, 4.69) is 11.8 Å². The number of carboxylic acid groups (broad SMARTS) is 1. The maximum atomic E-state index is 12.4. The lowest BCUT2D eigenvalue weighted by Crippen LogP contribution is -2.44. The lowest BCUT2D eigenvalue weighted by atomic mass is 10.1. The molecule has 0 bridgehead atoms. The molecule has 0 saturated heterocycles. The number of aliphatic carboxylic acids is 1. The number of nitrogens with zero attached hydrogens (tertiary/aromatic N) is 1. The molecular formula is C19H13NO4. The highest BCUT2D eigenvalue weighted by molar-refractivity contribution is 6.22. The topological polar surface area (TPSA) is 74.7 Å². The van der Waals surface area contributed by atoms with Crippen molar-refractivity contribution in [1.29, 1.82) is 0 Å². The third-order valence-corrected chi connectivity index (χ3v) is 3.72. The Morgan fingerprint density at radius 2 is 1.50 bits per heavy atom. The molecule has 0 spiro atoms. The fourth-order valence-corrected chi connectivity index (χ4v) is 2.55. The molecule has 3 rings (SSSR count). The highest BCUT2D eigenvalue weighted by Crippen LogP contribution is 2.25. The zero-order chi connectivity index (χ0) is 17.1.